The van der Waals surface area contributed by atoms with E-state index in [0.29, 0.717) is 34.4 Å². The maximum atomic E-state index is 12.6. The highest BCUT2D eigenvalue weighted by molar-refractivity contribution is 6.35. The second-order valence-corrected chi connectivity index (χ2v) is 7.58. The van der Waals surface area contributed by atoms with Crippen LogP contribution in [0.3, 0.4) is 0 Å². The Bertz CT molecular complexity index is 840. The number of carbonyl (C=O) groups excluding carboxylic acids is 2. The first-order chi connectivity index (χ1) is 12.9. The monoisotopic (exact) mass is 405 g/mol. The Labute approximate surface area is 168 Å². The summed E-state index contributed by atoms with van der Waals surface area (Å²) in [5.74, 6) is -0.606. The normalized spacial score (nSPS) is 17.5. The number of nitrogens with one attached hydrogen (secondary N) is 1. The number of amides is 2. The fourth-order valence-corrected chi connectivity index (χ4v) is 3.73. The maximum absolute atomic E-state index is 12.6. The first kappa shape index (κ1) is 19.7. The van der Waals surface area contributed by atoms with Gasteiger partial charge in [-0.2, -0.15) is 0 Å². The van der Waals surface area contributed by atoms with Gasteiger partial charge in [0.25, 0.3) is 0 Å². The lowest BCUT2D eigenvalue weighted by Gasteiger charge is -2.32. The van der Waals surface area contributed by atoms with E-state index in [1.807, 2.05) is 12.1 Å². The van der Waals surface area contributed by atoms with Crippen molar-refractivity contribution in [1.29, 1.82) is 0 Å². The molecule has 1 atom stereocenters. The van der Waals surface area contributed by atoms with Crippen molar-refractivity contribution in [2.75, 3.05) is 18.4 Å². The van der Waals surface area contributed by atoms with Crippen molar-refractivity contribution in [2.24, 2.45) is 11.7 Å². The van der Waals surface area contributed by atoms with Crippen LogP contribution in [-0.2, 0) is 11.3 Å². The fourth-order valence-electron chi connectivity index (χ4n) is 3.27. The zero-order valence-corrected chi connectivity index (χ0v) is 16.3. The van der Waals surface area contributed by atoms with Gasteiger partial charge in [0, 0.05) is 34.4 Å². The second-order valence-electron chi connectivity index (χ2n) is 6.74. The number of nitrogens with two attached hydrogens (primary N) is 1. The summed E-state index contributed by atoms with van der Waals surface area (Å²) in [6.07, 6.45) is 1.79. The Morgan fingerprint density at radius 3 is 2.56 bits per heavy atom. The molecule has 7 heteroatoms. The minimum absolute atomic E-state index is 0.0197. The number of likely N-dealkylation sites (tertiary alicyclic amines) is 1. The van der Waals surface area contributed by atoms with Crippen molar-refractivity contribution in [2.45, 2.75) is 19.4 Å². The number of benzene rings is 2. The summed E-state index contributed by atoms with van der Waals surface area (Å²) < 4.78 is 0. The lowest BCUT2D eigenvalue weighted by atomic mass is 9.96. The molecule has 0 bridgehead atoms. The molecule has 3 rings (SSSR count). The van der Waals surface area contributed by atoms with Gasteiger partial charge < -0.3 is 11.1 Å². The molecular weight excluding hydrogens is 385 g/mol. The number of hydrogen-bond donors (Lipinski definition) is 2. The van der Waals surface area contributed by atoms with E-state index < -0.39 is 5.91 Å². The number of primary amides is 1. The van der Waals surface area contributed by atoms with Gasteiger partial charge in [0.15, 0.2) is 0 Å². The van der Waals surface area contributed by atoms with Gasteiger partial charge >= 0.3 is 0 Å². The highest BCUT2D eigenvalue weighted by atomic mass is 35.5. The number of carbonyl (C=O) groups is 2. The lowest BCUT2D eigenvalue weighted by molar-refractivity contribution is -0.121. The Balaban J connectivity index is 1.59. The zero-order chi connectivity index (χ0) is 19.4. The molecule has 0 aliphatic carbocycles. The molecule has 3 N–H and O–H groups in total. The van der Waals surface area contributed by atoms with Gasteiger partial charge in [0.1, 0.15) is 0 Å². The molecule has 0 aromatic heterocycles. The number of halogens is 2. The average Bonchev–Trinajstić information content (AvgIpc) is 2.65. The molecule has 1 aliphatic heterocycles. The zero-order valence-electron chi connectivity index (χ0n) is 14.8. The van der Waals surface area contributed by atoms with E-state index in [2.05, 4.69) is 10.2 Å². The molecule has 1 aliphatic rings. The molecule has 0 radical (unpaired) electrons. The van der Waals surface area contributed by atoms with Crippen LogP contribution in [0.25, 0.3) is 0 Å². The lowest BCUT2D eigenvalue weighted by Crippen LogP contribution is -2.40. The van der Waals surface area contributed by atoms with Crippen molar-refractivity contribution in [3.63, 3.8) is 0 Å². The van der Waals surface area contributed by atoms with Gasteiger partial charge in [-0.05, 0) is 61.3 Å². The first-order valence-corrected chi connectivity index (χ1v) is 9.55. The van der Waals surface area contributed by atoms with Crippen LogP contribution >= 0.6 is 23.2 Å². The smallest absolute Gasteiger partial charge is 0.248 e. The van der Waals surface area contributed by atoms with Crippen LogP contribution in [0.2, 0.25) is 10.0 Å². The van der Waals surface area contributed by atoms with E-state index in [1.54, 1.807) is 30.3 Å². The summed E-state index contributed by atoms with van der Waals surface area (Å²) in [7, 11) is 0. The molecule has 1 heterocycles. The van der Waals surface area contributed by atoms with Crippen molar-refractivity contribution in [3.05, 3.63) is 63.6 Å². The predicted molar refractivity (Wildman–Crippen MR) is 108 cm³/mol. The van der Waals surface area contributed by atoms with Crippen LogP contribution in [0.15, 0.2) is 42.5 Å². The molecule has 142 valence electrons. The number of rotatable bonds is 5. The maximum Gasteiger partial charge on any atom is 0.248 e. The van der Waals surface area contributed by atoms with E-state index in [-0.39, 0.29) is 11.8 Å². The minimum atomic E-state index is -0.489. The largest absolute Gasteiger partial charge is 0.366 e. The summed E-state index contributed by atoms with van der Waals surface area (Å²) in [6.45, 7) is 2.29. The third-order valence-corrected chi connectivity index (χ3v) is 5.31. The molecule has 0 spiro atoms. The van der Waals surface area contributed by atoms with Crippen LogP contribution in [0, 0.1) is 5.92 Å². The van der Waals surface area contributed by atoms with Crippen LogP contribution < -0.4 is 11.1 Å². The van der Waals surface area contributed by atoms with Gasteiger partial charge in [-0.15, -0.1) is 0 Å². The van der Waals surface area contributed by atoms with E-state index in [9.17, 15) is 9.59 Å². The van der Waals surface area contributed by atoms with Crippen LogP contribution in [0.5, 0.6) is 0 Å². The average molecular weight is 406 g/mol. The molecule has 2 aromatic rings. The molecule has 5 nitrogen and oxygen atoms in total. The third kappa shape index (κ3) is 5.22. The number of anilines is 1. The highest BCUT2D eigenvalue weighted by Gasteiger charge is 2.26. The third-order valence-electron chi connectivity index (χ3n) is 4.72. The van der Waals surface area contributed by atoms with Crippen LogP contribution in [-0.4, -0.2) is 29.8 Å². The Morgan fingerprint density at radius 1 is 1.15 bits per heavy atom. The molecule has 2 amide bonds. The van der Waals surface area contributed by atoms with Gasteiger partial charge in [-0.25, -0.2) is 0 Å². The molecule has 1 fully saturated rings. The Morgan fingerprint density at radius 2 is 1.89 bits per heavy atom. The quantitative estimate of drug-likeness (QED) is 0.790. The fraction of sp³-hybridized carbons (Fsp3) is 0.300. The number of nitrogens with zero attached hydrogens (tertiary/aromatic N) is 1. The summed E-state index contributed by atoms with van der Waals surface area (Å²) >= 11 is 12.2. The molecular formula is C20H21Cl2N3O2. The highest BCUT2D eigenvalue weighted by Crippen LogP contribution is 2.25. The van der Waals surface area contributed by atoms with Gasteiger partial charge in [0.2, 0.25) is 11.8 Å². The van der Waals surface area contributed by atoms with E-state index in [0.717, 1.165) is 24.9 Å². The molecule has 0 saturated carbocycles. The van der Waals surface area contributed by atoms with Crippen molar-refractivity contribution >= 4 is 40.7 Å². The van der Waals surface area contributed by atoms with Crippen LogP contribution in [0.4, 0.5) is 5.69 Å². The Hall–Kier alpha value is -2.08. The minimum Gasteiger partial charge on any atom is -0.366 e. The first-order valence-electron chi connectivity index (χ1n) is 8.79. The van der Waals surface area contributed by atoms with E-state index in [1.165, 1.54) is 0 Å². The molecule has 27 heavy (non-hydrogen) atoms. The van der Waals surface area contributed by atoms with Crippen molar-refractivity contribution in [1.82, 2.24) is 4.90 Å². The summed E-state index contributed by atoms with van der Waals surface area (Å²) in [5.41, 5.74) is 7.30. The van der Waals surface area contributed by atoms with Crippen molar-refractivity contribution in [3.8, 4) is 0 Å². The SMILES string of the molecule is NC(=O)c1ccc(NC(=O)C2CCCN(Cc3ccc(Cl)cc3Cl)C2)cc1. The Kier molecular flexibility index (Phi) is 6.37. The van der Waals surface area contributed by atoms with Gasteiger partial charge in [-0.1, -0.05) is 29.3 Å². The summed E-state index contributed by atoms with van der Waals surface area (Å²) in [5, 5.41) is 4.18. The number of hydrogen-bond acceptors (Lipinski definition) is 3. The van der Waals surface area contributed by atoms with Gasteiger partial charge in [0.05, 0.1) is 5.92 Å². The van der Waals surface area contributed by atoms with E-state index in [4.69, 9.17) is 28.9 Å². The summed E-state index contributed by atoms with van der Waals surface area (Å²) in [4.78, 5) is 26.0. The second kappa shape index (κ2) is 8.74. The van der Waals surface area contributed by atoms with Gasteiger partial charge in [-0.3, -0.25) is 14.5 Å². The number of piperidine rings is 1. The van der Waals surface area contributed by atoms with Crippen LogP contribution in [0.1, 0.15) is 28.8 Å². The van der Waals surface area contributed by atoms with Crippen molar-refractivity contribution < 1.29 is 9.59 Å². The molecule has 1 unspecified atom stereocenters. The predicted octanol–water partition coefficient (Wildman–Crippen LogP) is 3.94. The molecule has 2 aromatic carbocycles. The standard InChI is InChI=1S/C20H21Cl2N3O2/c21-16-6-3-14(18(22)10-16)11-25-9-1-2-15(12-25)20(27)24-17-7-4-13(5-8-17)19(23)26/h3-8,10,15H,1-2,9,11-12H2,(H2,23,26)(H,24,27). The topological polar surface area (TPSA) is 75.4 Å². The summed E-state index contributed by atoms with van der Waals surface area (Å²) in [6, 6.07) is 12.1. The molecule has 1 saturated heterocycles. The van der Waals surface area contributed by atoms with E-state index >= 15 is 0 Å².